The average Bonchev–Trinajstić information content (AvgIpc) is 2.73. The number of nitrogens with zero attached hydrogens (tertiary/aromatic N) is 2. The largest absolute Gasteiger partial charge is 0.422 e. The summed E-state index contributed by atoms with van der Waals surface area (Å²) >= 11 is 5.58. The molecule has 2 aromatic rings. The van der Waals surface area contributed by atoms with Gasteiger partial charge in [0.25, 0.3) is 0 Å². The maximum atomic E-state index is 12.5. The van der Waals surface area contributed by atoms with Crippen LogP contribution in [0.5, 0.6) is 5.75 Å². The third-order valence-electron chi connectivity index (χ3n) is 4.07. The van der Waals surface area contributed by atoms with E-state index in [1.54, 1.807) is 12.1 Å². The highest BCUT2D eigenvalue weighted by Gasteiger charge is 2.20. The number of rotatable bonds is 4. The van der Waals surface area contributed by atoms with E-state index in [2.05, 4.69) is 0 Å². The standard InChI is InChI=1S/C21H18N2O3S/c22-15-17(14-16-6-2-1-3-7-16)21(24)26-19-9-5-4-8-18(19)20(27)23-10-12-25-13-11-23/h1-9,14H,10-13H2/b17-14+. The van der Waals surface area contributed by atoms with E-state index >= 15 is 0 Å². The lowest BCUT2D eigenvalue weighted by Crippen LogP contribution is -2.40. The van der Waals surface area contributed by atoms with Gasteiger partial charge in [0.15, 0.2) is 0 Å². The van der Waals surface area contributed by atoms with Crippen molar-refractivity contribution in [1.29, 1.82) is 5.26 Å². The smallest absolute Gasteiger partial charge is 0.354 e. The molecule has 0 aromatic heterocycles. The van der Waals surface area contributed by atoms with Crippen molar-refractivity contribution < 1.29 is 14.3 Å². The Morgan fingerprint density at radius 1 is 1.11 bits per heavy atom. The highest BCUT2D eigenvalue weighted by atomic mass is 32.1. The fraction of sp³-hybridized carbons (Fsp3) is 0.190. The molecule has 0 atom stereocenters. The number of hydrogen-bond donors (Lipinski definition) is 0. The van der Waals surface area contributed by atoms with E-state index in [1.165, 1.54) is 6.08 Å². The molecule has 0 aliphatic carbocycles. The van der Waals surface area contributed by atoms with Gasteiger partial charge in [-0.3, -0.25) is 0 Å². The van der Waals surface area contributed by atoms with Crippen molar-refractivity contribution in [3.05, 3.63) is 71.3 Å². The van der Waals surface area contributed by atoms with Crippen molar-refractivity contribution in [1.82, 2.24) is 4.90 Å². The number of carbonyl (C=O) groups is 1. The summed E-state index contributed by atoms with van der Waals surface area (Å²) in [6.07, 6.45) is 1.51. The van der Waals surface area contributed by atoms with Crippen LogP contribution >= 0.6 is 12.2 Å². The zero-order valence-electron chi connectivity index (χ0n) is 14.6. The van der Waals surface area contributed by atoms with Crippen molar-refractivity contribution in [3.8, 4) is 11.8 Å². The zero-order chi connectivity index (χ0) is 19.1. The first-order valence-corrected chi connectivity index (χ1v) is 8.95. The van der Waals surface area contributed by atoms with Gasteiger partial charge in [-0.2, -0.15) is 5.26 Å². The van der Waals surface area contributed by atoms with Gasteiger partial charge in [-0.25, -0.2) is 4.79 Å². The predicted octanol–water partition coefficient (Wildman–Crippen LogP) is 3.21. The summed E-state index contributed by atoms with van der Waals surface area (Å²) in [5.41, 5.74) is 1.33. The van der Waals surface area contributed by atoms with E-state index in [1.807, 2.05) is 53.4 Å². The SMILES string of the molecule is N#C/C(=C\c1ccccc1)C(=O)Oc1ccccc1C(=S)N1CCOCC1. The molecule has 3 rings (SSSR count). The van der Waals surface area contributed by atoms with E-state index < -0.39 is 5.97 Å². The Balaban J connectivity index is 1.81. The van der Waals surface area contributed by atoms with Gasteiger partial charge in [0.2, 0.25) is 0 Å². The fourth-order valence-electron chi connectivity index (χ4n) is 2.68. The Morgan fingerprint density at radius 3 is 2.48 bits per heavy atom. The number of nitriles is 1. The Labute approximate surface area is 163 Å². The number of esters is 1. The van der Waals surface area contributed by atoms with Gasteiger partial charge in [-0.1, -0.05) is 54.7 Å². The molecule has 2 aromatic carbocycles. The van der Waals surface area contributed by atoms with Gasteiger partial charge in [0, 0.05) is 13.1 Å². The zero-order valence-corrected chi connectivity index (χ0v) is 15.4. The predicted molar refractivity (Wildman–Crippen MR) is 106 cm³/mol. The van der Waals surface area contributed by atoms with E-state index in [4.69, 9.17) is 21.7 Å². The summed E-state index contributed by atoms with van der Waals surface area (Å²) in [7, 11) is 0. The Bertz CT molecular complexity index is 897. The highest BCUT2D eigenvalue weighted by Crippen LogP contribution is 2.22. The van der Waals surface area contributed by atoms with Crippen LogP contribution in [-0.2, 0) is 9.53 Å². The third kappa shape index (κ3) is 4.79. The van der Waals surface area contributed by atoms with Gasteiger partial charge in [0.05, 0.1) is 18.8 Å². The molecule has 0 spiro atoms. The molecular formula is C21H18N2O3S. The molecule has 1 fully saturated rings. The fourth-order valence-corrected chi connectivity index (χ4v) is 3.03. The molecule has 1 aliphatic heterocycles. The number of thiocarbonyl (C=S) groups is 1. The van der Waals surface area contributed by atoms with Crippen molar-refractivity contribution in [2.75, 3.05) is 26.3 Å². The van der Waals surface area contributed by atoms with Crippen molar-refractivity contribution >= 4 is 29.3 Å². The maximum absolute atomic E-state index is 12.5. The molecule has 0 saturated carbocycles. The van der Waals surface area contributed by atoms with Crippen LogP contribution in [0.1, 0.15) is 11.1 Å². The number of ether oxygens (including phenoxy) is 2. The molecular weight excluding hydrogens is 360 g/mol. The first-order chi connectivity index (χ1) is 13.2. The first kappa shape index (κ1) is 18.8. The quantitative estimate of drug-likeness (QED) is 0.268. The molecule has 1 saturated heterocycles. The summed E-state index contributed by atoms with van der Waals surface area (Å²) in [6.45, 7) is 2.61. The van der Waals surface area contributed by atoms with Crippen molar-refractivity contribution in [3.63, 3.8) is 0 Å². The minimum atomic E-state index is -0.710. The van der Waals surface area contributed by atoms with Gasteiger partial charge in [-0.05, 0) is 23.8 Å². The monoisotopic (exact) mass is 378 g/mol. The van der Waals surface area contributed by atoms with Gasteiger partial charge in [-0.15, -0.1) is 0 Å². The minimum absolute atomic E-state index is 0.0757. The van der Waals surface area contributed by atoms with Crippen LogP contribution in [0.2, 0.25) is 0 Å². The third-order valence-corrected chi connectivity index (χ3v) is 4.55. The molecule has 1 aliphatic rings. The van der Waals surface area contributed by atoms with Crippen LogP contribution in [0.25, 0.3) is 6.08 Å². The topological polar surface area (TPSA) is 62.6 Å². The molecule has 0 amide bonds. The number of hydrogen-bond acceptors (Lipinski definition) is 5. The van der Waals surface area contributed by atoms with E-state index in [-0.39, 0.29) is 5.57 Å². The van der Waals surface area contributed by atoms with Crippen molar-refractivity contribution in [2.24, 2.45) is 0 Å². The second-order valence-electron chi connectivity index (χ2n) is 5.87. The van der Waals surface area contributed by atoms with Gasteiger partial charge < -0.3 is 14.4 Å². The highest BCUT2D eigenvalue weighted by molar-refractivity contribution is 7.80. The van der Waals surface area contributed by atoms with E-state index in [0.717, 1.165) is 5.56 Å². The molecule has 0 radical (unpaired) electrons. The lowest BCUT2D eigenvalue weighted by Gasteiger charge is -2.29. The number of morpholine rings is 1. The second kappa shape index (κ2) is 9.08. The Morgan fingerprint density at radius 2 is 1.78 bits per heavy atom. The van der Waals surface area contributed by atoms with E-state index in [9.17, 15) is 10.1 Å². The first-order valence-electron chi connectivity index (χ1n) is 8.54. The molecule has 0 unspecified atom stereocenters. The molecule has 0 N–H and O–H groups in total. The van der Waals surface area contributed by atoms with Gasteiger partial charge in [0.1, 0.15) is 22.4 Å². The average molecular weight is 378 g/mol. The number of carbonyl (C=O) groups excluding carboxylic acids is 1. The number of benzene rings is 2. The molecule has 1 heterocycles. The van der Waals surface area contributed by atoms with Gasteiger partial charge >= 0.3 is 5.97 Å². The summed E-state index contributed by atoms with van der Waals surface area (Å²) in [4.78, 5) is 15.1. The molecule has 27 heavy (non-hydrogen) atoms. The summed E-state index contributed by atoms with van der Waals surface area (Å²) < 4.78 is 10.9. The van der Waals surface area contributed by atoms with Crippen LogP contribution in [0.3, 0.4) is 0 Å². The second-order valence-corrected chi connectivity index (χ2v) is 6.26. The van der Waals surface area contributed by atoms with E-state index in [0.29, 0.717) is 42.6 Å². The van der Waals surface area contributed by atoms with Crippen LogP contribution in [0.4, 0.5) is 0 Å². The summed E-state index contributed by atoms with van der Waals surface area (Å²) in [6, 6.07) is 18.2. The molecule has 136 valence electrons. The molecule has 5 nitrogen and oxygen atoms in total. The van der Waals surface area contributed by atoms with Crippen LogP contribution in [-0.4, -0.2) is 42.2 Å². The minimum Gasteiger partial charge on any atom is -0.422 e. The van der Waals surface area contributed by atoms with Crippen LogP contribution in [0, 0.1) is 11.3 Å². The summed E-state index contributed by atoms with van der Waals surface area (Å²) in [5, 5.41) is 9.35. The van der Waals surface area contributed by atoms with Crippen molar-refractivity contribution in [2.45, 2.75) is 0 Å². The number of para-hydroxylation sites is 1. The molecule has 0 bridgehead atoms. The normalized spacial score (nSPS) is 14.3. The van der Waals surface area contributed by atoms with Crippen LogP contribution in [0.15, 0.2) is 60.2 Å². The van der Waals surface area contributed by atoms with Crippen LogP contribution < -0.4 is 4.74 Å². The summed E-state index contributed by atoms with van der Waals surface area (Å²) in [5.74, 6) is -0.369. The Kier molecular flexibility index (Phi) is 6.31. The Hall–Kier alpha value is -3.01. The maximum Gasteiger partial charge on any atom is 0.354 e. The molecule has 6 heteroatoms. The lowest BCUT2D eigenvalue weighted by atomic mass is 10.1. The lowest BCUT2D eigenvalue weighted by molar-refractivity contribution is -0.129.